The number of hydrogen-bond donors (Lipinski definition) is 2. The zero-order chi connectivity index (χ0) is 26.7. The first kappa shape index (κ1) is 27.3. The maximum absolute atomic E-state index is 4.32. The molecule has 2 nitrogen and oxygen atoms in total. The lowest BCUT2D eigenvalue weighted by Crippen LogP contribution is -2.54. The molecule has 4 aromatic rings. The maximum Gasteiger partial charge on any atom is 0.0339 e. The summed E-state index contributed by atoms with van der Waals surface area (Å²) in [5, 5.41) is 8.09. The monoisotopic (exact) mass is 500 g/mol. The molecule has 38 heavy (non-hydrogen) atoms. The summed E-state index contributed by atoms with van der Waals surface area (Å²) in [5.41, 5.74) is 5.02. The second-order valence-corrected chi connectivity index (χ2v) is 9.99. The van der Waals surface area contributed by atoms with Crippen LogP contribution in [0.1, 0.15) is 60.0 Å². The van der Waals surface area contributed by atoms with Crippen molar-refractivity contribution < 1.29 is 0 Å². The number of rotatable bonds is 13. The van der Waals surface area contributed by atoms with E-state index in [0.29, 0.717) is 0 Å². The van der Waals surface area contributed by atoms with E-state index in [4.69, 9.17) is 0 Å². The molecular weight excluding hydrogens is 460 g/mol. The van der Waals surface area contributed by atoms with Crippen LogP contribution in [0.3, 0.4) is 0 Å². The molecule has 0 saturated carbocycles. The average Bonchev–Trinajstić information content (AvgIpc) is 2.99. The van der Waals surface area contributed by atoms with Crippen molar-refractivity contribution in [3.63, 3.8) is 0 Å². The largest absolute Gasteiger partial charge is 0.305 e. The van der Waals surface area contributed by atoms with Crippen LogP contribution in [-0.2, 0) is 0 Å². The van der Waals surface area contributed by atoms with Crippen molar-refractivity contribution in [2.75, 3.05) is 0 Å². The van der Waals surface area contributed by atoms with Gasteiger partial charge in [-0.3, -0.25) is 0 Å². The summed E-state index contributed by atoms with van der Waals surface area (Å²) < 4.78 is 0. The molecule has 0 aromatic heterocycles. The Kier molecular flexibility index (Phi) is 9.86. The summed E-state index contributed by atoms with van der Waals surface area (Å²) in [4.78, 5) is 0. The van der Waals surface area contributed by atoms with Gasteiger partial charge in [0.2, 0.25) is 0 Å². The van der Waals surface area contributed by atoms with Crippen LogP contribution >= 0.6 is 0 Å². The highest BCUT2D eigenvalue weighted by Gasteiger charge is 2.36. The van der Waals surface area contributed by atoms with E-state index in [0.717, 1.165) is 0 Å². The molecule has 6 atom stereocenters. The third-order valence-corrected chi connectivity index (χ3v) is 7.52. The van der Waals surface area contributed by atoms with Gasteiger partial charge in [0.05, 0.1) is 0 Å². The molecular formula is C36H40N2. The molecule has 0 spiro atoms. The van der Waals surface area contributed by atoms with Crippen LogP contribution in [0.15, 0.2) is 147 Å². The summed E-state index contributed by atoms with van der Waals surface area (Å²) in [6.07, 6.45) is 4.19. The van der Waals surface area contributed by atoms with Crippen molar-refractivity contribution in [2.24, 2.45) is 0 Å². The van der Waals surface area contributed by atoms with Gasteiger partial charge in [-0.1, -0.05) is 133 Å². The highest BCUT2D eigenvalue weighted by molar-refractivity contribution is 5.32. The minimum absolute atomic E-state index is 0.0273. The van der Waals surface area contributed by atoms with Gasteiger partial charge in [0.25, 0.3) is 0 Å². The molecule has 0 aliphatic rings. The predicted molar refractivity (Wildman–Crippen MR) is 162 cm³/mol. The third kappa shape index (κ3) is 6.77. The van der Waals surface area contributed by atoms with Gasteiger partial charge < -0.3 is 10.6 Å². The zero-order valence-corrected chi connectivity index (χ0v) is 22.6. The SMILES string of the molecule is C=C[C@H](c1ccccc1)[C@@H](N[C@H](C)c1ccccc1)[C@H](N[C@H](C)c1ccccc1)[C@H](C=C)c1ccccc1. The molecule has 0 amide bonds. The van der Waals surface area contributed by atoms with Gasteiger partial charge in [-0.25, -0.2) is 0 Å². The Labute approximate surface area is 229 Å². The third-order valence-electron chi connectivity index (χ3n) is 7.52. The van der Waals surface area contributed by atoms with E-state index < -0.39 is 0 Å². The number of nitrogens with one attached hydrogen (secondary N) is 2. The van der Waals surface area contributed by atoms with E-state index in [2.05, 4.69) is 171 Å². The van der Waals surface area contributed by atoms with E-state index >= 15 is 0 Å². The lowest BCUT2D eigenvalue weighted by atomic mass is 9.78. The van der Waals surface area contributed by atoms with Crippen LogP contribution < -0.4 is 10.6 Å². The molecule has 4 rings (SSSR count). The summed E-state index contributed by atoms with van der Waals surface area (Å²) >= 11 is 0. The normalized spacial score (nSPS) is 15.9. The van der Waals surface area contributed by atoms with Crippen LogP contribution in [-0.4, -0.2) is 12.1 Å². The lowest BCUT2D eigenvalue weighted by Gasteiger charge is -2.41. The van der Waals surface area contributed by atoms with Gasteiger partial charge in [0.1, 0.15) is 0 Å². The molecule has 0 aliphatic heterocycles. The fraction of sp³-hybridized carbons (Fsp3) is 0.222. The van der Waals surface area contributed by atoms with Crippen LogP contribution in [0.5, 0.6) is 0 Å². The molecule has 0 saturated heterocycles. The van der Waals surface area contributed by atoms with Gasteiger partial charge in [-0.15, -0.1) is 13.2 Å². The standard InChI is InChI=1S/C36H40N2/c1-5-33(31-23-15-9-16-24-31)35(37-27(3)29-19-11-7-12-20-29)36(34(6-2)32-25-17-10-18-26-32)38-28(4)30-21-13-8-14-22-30/h5-28,33-38H,1-2H2,3-4H3/t27-,28-,33-,34-,35-,36-/m1/s1. The van der Waals surface area contributed by atoms with Crippen molar-refractivity contribution in [2.45, 2.75) is 49.9 Å². The predicted octanol–water partition coefficient (Wildman–Crippen LogP) is 8.36. The molecule has 2 heteroatoms. The lowest BCUT2D eigenvalue weighted by molar-refractivity contribution is 0.286. The maximum atomic E-state index is 4.32. The van der Waals surface area contributed by atoms with E-state index in [1.165, 1.54) is 22.3 Å². The molecule has 194 valence electrons. The first-order valence-electron chi connectivity index (χ1n) is 13.6. The molecule has 0 radical (unpaired) electrons. The topological polar surface area (TPSA) is 24.1 Å². The molecule has 0 unspecified atom stereocenters. The summed E-state index contributed by atoms with van der Waals surface area (Å²) in [6, 6.07) is 43.1. The highest BCUT2D eigenvalue weighted by Crippen LogP contribution is 2.34. The number of hydrogen-bond acceptors (Lipinski definition) is 2. The highest BCUT2D eigenvalue weighted by atomic mass is 15.1. The van der Waals surface area contributed by atoms with Gasteiger partial charge in [-0.2, -0.15) is 0 Å². The Morgan fingerprint density at radius 3 is 0.974 bits per heavy atom. The molecule has 0 fully saturated rings. The Balaban J connectivity index is 1.81. The fourth-order valence-electron chi connectivity index (χ4n) is 5.45. The first-order chi connectivity index (χ1) is 18.6. The minimum Gasteiger partial charge on any atom is -0.305 e. The second kappa shape index (κ2) is 13.7. The summed E-state index contributed by atoms with van der Waals surface area (Å²) in [7, 11) is 0. The van der Waals surface area contributed by atoms with Crippen molar-refractivity contribution in [3.8, 4) is 0 Å². The summed E-state index contributed by atoms with van der Waals surface area (Å²) in [5.74, 6) is 0.156. The van der Waals surface area contributed by atoms with Crippen LogP contribution in [0, 0.1) is 0 Å². The zero-order valence-electron chi connectivity index (χ0n) is 22.6. The van der Waals surface area contributed by atoms with Gasteiger partial charge in [0, 0.05) is 36.0 Å². The van der Waals surface area contributed by atoms with Crippen LogP contribution in [0.4, 0.5) is 0 Å². The van der Waals surface area contributed by atoms with E-state index in [-0.39, 0.29) is 36.0 Å². The van der Waals surface area contributed by atoms with Crippen molar-refractivity contribution >= 4 is 0 Å². The average molecular weight is 501 g/mol. The molecule has 0 heterocycles. The Morgan fingerprint density at radius 1 is 0.447 bits per heavy atom. The van der Waals surface area contributed by atoms with Crippen molar-refractivity contribution in [1.29, 1.82) is 0 Å². The quantitative estimate of drug-likeness (QED) is 0.180. The van der Waals surface area contributed by atoms with Crippen molar-refractivity contribution in [3.05, 3.63) is 169 Å². The van der Waals surface area contributed by atoms with Gasteiger partial charge >= 0.3 is 0 Å². The first-order valence-corrected chi connectivity index (χ1v) is 13.6. The minimum atomic E-state index is 0.0273. The van der Waals surface area contributed by atoms with Crippen molar-refractivity contribution in [1.82, 2.24) is 10.6 Å². The van der Waals surface area contributed by atoms with E-state index in [1.807, 2.05) is 0 Å². The second-order valence-electron chi connectivity index (χ2n) is 9.99. The van der Waals surface area contributed by atoms with E-state index in [9.17, 15) is 0 Å². The van der Waals surface area contributed by atoms with Gasteiger partial charge in [0.15, 0.2) is 0 Å². The summed E-state index contributed by atoms with van der Waals surface area (Å²) in [6.45, 7) is 13.1. The van der Waals surface area contributed by atoms with Crippen LogP contribution in [0.2, 0.25) is 0 Å². The molecule has 0 aliphatic carbocycles. The Morgan fingerprint density at radius 2 is 0.711 bits per heavy atom. The molecule has 2 N–H and O–H groups in total. The number of benzene rings is 4. The smallest absolute Gasteiger partial charge is 0.0339 e. The van der Waals surface area contributed by atoms with E-state index in [1.54, 1.807) is 0 Å². The molecule has 4 aromatic carbocycles. The Hall–Kier alpha value is -3.72. The van der Waals surface area contributed by atoms with Gasteiger partial charge in [-0.05, 0) is 36.1 Å². The fourth-order valence-corrected chi connectivity index (χ4v) is 5.45. The molecule has 0 bridgehead atoms. The van der Waals surface area contributed by atoms with Crippen LogP contribution in [0.25, 0.3) is 0 Å². The Bertz CT molecular complexity index is 1140.